The van der Waals surface area contributed by atoms with Crippen molar-refractivity contribution in [2.45, 2.75) is 19.9 Å². The predicted molar refractivity (Wildman–Crippen MR) is 78.8 cm³/mol. The molecule has 0 spiro atoms. The molecule has 1 aromatic carbocycles. The van der Waals surface area contributed by atoms with E-state index in [1.807, 2.05) is 38.1 Å². The van der Waals surface area contributed by atoms with Crippen LogP contribution in [0.4, 0.5) is 0 Å². The molecule has 1 heterocycles. The van der Waals surface area contributed by atoms with Crippen molar-refractivity contribution in [1.29, 1.82) is 0 Å². The summed E-state index contributed by atoms with van der Waals surface area (Å²) in [4.78, 5) is 27.8. The summed E-state index contributed by atoms with van der Waals surface area (Å²) < 4.78 is 0. The van der Waals surface area contributed by atoms with Gasteiger partial charge in [-0.05, 0) is 25.5 Å². The Bertz CT molecular complexity index is 659. The van der Waals surface area contributed by atoms with Gasteiger partial charge in [0.2, 0.25) is 5.56 Å². The van der Waals surface area contributed by atoms with E-state index in [9.17, 15) is 9.59 Å². The molecule has 0 radical (unpaired) electrons. The summed E-state index contributed by atoms with van der Waals surface area (Å²) in [5.41, 5.74) is 2.28. The average molecular weight is 270 g/mol. The van der Waals surface area contributed by atoms with Crippen molar-refractivity contribution in [3.63, 3.8) is 0 Å². The lowest BCUT2D eigenvalue weighted by Gasteiger charge is -2.25. The van der Waals surface area contributed by atoms with Crippen LogP contribution in [0.15, 0.2) is 47.3 Å². The van der Waals surface area contributed by atoms with Crippen molar-refractivity contribution < 1.29 is 4.79 Å². The van der Waals surface area contributed by atoms with Crippen molar-refractivity contribution in [2.24, 2.45) is 0 Å². The molecule has 0 aliphatic heterocycles. The van der Waals surface area contributed by atoms with Crippen LogP contribution in [-0.2, 0) is 0 Å². The molecule has 0 saturated carbocycles. The maximum atomic E-state index is 12.3. The molecule has 2 rings (SSSR count). The minimum Gasteiger partial charge on any atom is -0.334 e. The van der Waals surface area contributed by atoms with Crippen LogP contribution in [0, 0.1) is 6.92 Å². The fourth-order valence-electron chi connectivity index (χ4n) is 2.01. The van der Waals surface area contributed by atoms with Gasteiger partial charge in [0.15, 0.2) is 0 Å². The molecule has 20 heavy (non-hydrogen) atoms. The summed E-state index contributed by atoms with van der Waals surface area (Å²) in [5.74, 6) is -0.198. The van der Waals surface area contributed by atoms with Gasteiger partial charge in [-0.15, -0.1) is 0 Å². The highest BCUT2D eigenvalue weighted by molar-refractivity contribution is 5.92. The summed E-state index contributed by atoms with van der Waals surface area (Å²) in [7, 11) is 1.73. The van der Waals surface area contributed by atoms with E-state index in [-0.39, 0.29) is 17.5 Å². The monoisotopic (exact) mass is 270 g/mol. The van der Waals surface area contributed by atoms with Crippen LogP contribution in [0.2, 0.25) is 0 Å². The number of carbonyl (C=O) groups is 1. The van der Waals surface area contributed by atoms with Gasteiger partial charge in [-0.2, -0.15) is 0 Å². The molecule has 1 N–H and O–H groups in total. The molecule has 1 atom stereocenters. The topological polar surface area (TPSA) is 53.2 Å². The van der Waals surface area contributed by atoms with Crippen LogP contribution in [0.25, 0.3) is 0 Å². The Morgan fingerprint density at radius 2 is 1.80 bits per heavy atom. The van der Waals surface area contributed by atoms with E-state index in [1.165, 1.54) is 11.6 Å². The molecular weight excluding hydrogens is 252 g/mol. The van der Waals surface area contributed by atoms with Crippen LogP contribution in [0.1, 0.15) is 34.6 Å². The largest absolute Gasteiger partial charge is 0.334 e. The van der Waals surface area contributed by atoms with E-state index in [2.05, 4.69) is 4.98 Å². The molecular formula is C16H18N2O2. The standard InChI is InChI=1S/C16H18N2O2/c1-11-7-9-13(10-8-11)12(2)18(3)16(20)14-5-4-6-15(19)17-14/h4-10,12H,1-3H3,(H,17,19). The number of hydrogen-bond acceptors (Lipinski definition) is 2. The van der Waals surface area contributed by atoms with E-state index in [4.69, 9.17) is 0 Å². The molecule has 2 aromatic rings. The molecule has 0 saturated heterocycles. The Kier molecular flexibility index (Phi) is 4.03. The molecule has 0 fully saturated rings. The maximum absolute atomic E-state index is 12.3. The number of benzene rings is 1. The summed E-state index contributed by atoms with van der Waals surface area (Å²) in [6, 6.07) is 12.6. The number of nitrogens with one attached hydrogen (secondary N) is 1. The summed E-state index contributed by atoms with van der Waals surface area (Å²) in [5, 5.41) is 0. The van der Waals surface area contributed by atoms with Gasteiger partial charge < -0.3 is 9.88 Å². The number of nitrogens with zero attached hydrogens (tertiary/aromatic N) is 1. The predicted octanol–water partition coefficient (Wildman–Crippen LogP) is 2.52. The quantitative estimate of drug-likeness (QED) is 0.931. The first kappa shape index (κ1) is 14.1. The third-order valence-corrected chi connectivity index (χ3v) is 3.46. The van der Waals surface area contributed by atoms with Crippen molar-refractivity contribution in [2.75, 3.05) is 7.05 Å². The average Bonchev–Trinajstić information content (AvgIpc) is 2.46. The van der Waals surface area contributed by atoms with Crippen LogP contribution in [0.5, 0.6) is 0 Å². The molecule has 1 amide bonds. The van der Waals surface area contributed by atoms with E-state index in [0.29, 0.717) is 5.69 Å². The number of rotatable bonds is 3. The summed E-state index contributed by atoms with van der Waals surface area (Å²) in [6.07, 6.45) is 0. The number of H-pyrrole nitrogens is 1. The first-order valence-corrected chi connectivity index (χ1v) is 6.52. The van der Waals surface area contributed by atoms with Crippen molar-refractivity contribution >= 4 is 5.91 Å². The second kappa shape index (κ2) is 5.74. The van der Waals surface area contributed by atoms with Gasteiger partial charge >= 0.3 is 0 Å². The van der Waals surface area contributed by atoms with Crippen molar-refractivity contribution in [1.82, 2.24) is 9.88 Å². The highest BCUT2D eigenvalue weighted by atomic mass is 16.2. The van der Waals surface area contributed by atoms with Crippen molar-refractivity contribution in [3.8, 4) is 0 Å². The van der Waals surface area contributed by atoms with Gasteiger partial charge in [-0.1, -0.05) is 35.9 Å². The number of pyridine rings is 1. The number of aryl methyl sites for hydroxylation is 1. The normalized spacial score (nSPS) is 11.9. The fourth-order valence-corrected chi connectivity index (χ4v) is 2.01. The van der Waals surface area contributed by atoms with Crippen LogP contribution in [0.3, 0.4) is 0 Å². The minimum atomic E-state index is -0.271. The summed E-state index contributed by atoms with van der Waals surface area (Å²) in [6.45, 7) is 3.99. The highest BCUT2D eigenvalue weighted by Gasteiger charge is 2.19. The van der Waals surface area contributed by atoms with Crippen LogP contribution >= 0.6 is 0 Å². The van der Waals surface area contributed by atoms with E-state index < -0.39 is 0 Å². The van der Waals surface area contributed by atoms with Crippen molar-refractivity contribution in [3.05, 3.63) is 69.6 Å². The lowest BCUT2D eigenvalue weighted by molar-refractivity contribution is 0.0736. The zero-order valence-corrected chi connectivity index (χ0v) is 11.9. The van der Waals surface area contributed by atoms with Gasteiger partial charge in [0, 0.05) is 13.1 Å². The highest BCUT2D eigenvalue weighted by Crippen LogP contribution is 2.20. The molecule has 4 nitrogen and oxygen atoms in total. The Labute approximate surface area is 118 Å². The van der Waals surface area contributed by atoms with E-state index >= 15 is 0 Å². The number of aromatic amines is 1. The molecule has 0 aliphatic rings. The Morgan fingerprint density at radius 3 is 2.40 bits per heavy atom. The molecule has 0 aliphatic carbocycles. The van der Waals surface area contributed by atoms with Gasteiger partial charge in [-0.3, -0.25) is 9.59 Å². The first-order valence-electron chi connectivity index (χ1n) is 6.52. The minimum absolute atomic E-state index is 0.0631. The van der Waals surface area contributed by atoms with Gasteiger partial charge in [0.1, 0.15) is 5.69 Å². The van der Waals surface area contributed by atoms with Gasteiger partial charge in [0.25, 0.3) is 5.91 Å². The molecule has 0 bridgehead atoms. The molecule has 1 aromatic heterocycles. The number of hydrogen-bond donors (Lipinski definition) is 1. The number of aromatic nitrogens is 1. The molecule has 104 valence electrons. The zero-order valence-electron chi connectivity index (χ0n) is 11.9. The second-order valence-corrected chi connectivity index (χ2v) is 4.93. The lowest BCUT2D eigenvalue weighted by atomic mass is 10.1. The Hall–Kier alpha value is -2.36. The zero-order chi connectivity index (χ0) is 14.7. The Balaban J connectivity index is 2.22. The Morgan fingerprint density at radius 1 is 1.15 bits per heavy atom. The van der Waals surface area contributed by atoms with E-state index in [0.717, 1.165) is 5.56 Å². The smallest absolute Gasteiger partial charge is 0.270 e. The number of amides is 1. The maximum Gasteiger partial charge on any atom is 0.270 e. The lowest BCUT2D eigenvalue weighted by Crippen LogP contribution is -2.31. The van der Waals surface area contributed by atoms with Gasteiger partial charge in [-0.25, -0.2) is 0 Å². The number of carbonyl (C=O) groups excluding carboxylic acids is 1. The second-order valence-electron chi connectivity index (χ2n) is 4.93. The first-order chi connectivity index (χ1) is 9.49. The molecule has 4 heteroatoms. The van der Waals surface area contributed by atoms with E-state index in [1.54, 1.807) is 24.1 Å². The SMILES string of the molecule is Cc1ccc(C(C)N(C)C(=O)c2cccc(=O)[nH]2)cc1. The molecule has 1 unspecified atom stereocenters. The van der Waals surface area contributed by atoms with Crippen LogP contribution in [-0.4, -0.2) is 22.8 Å². The third kappa shape index (κ3) is 2.96. The summed E-state index contributed by atoms with van der Waals surface area (Å²) >= 11 is 0. The third-order valence-electron chi connectivity index (χ3n) is 3.46. The fraction of sp³-hybridized carbons (Fsp3) is 0.250. The van der Waals surface area contributed by atoms with Gasteiger partial charge in [0.05, 0.1) is 6.04 Å². The van der Waals surface area contributed by atoms with Crippen LogP contribution < -0.4 is 5.56 Å².